The van der Waals surface area contributed by atoms with Crippen molar-refractivity contribution in [3.05, 3.63) is 65.7 Å². The first-order valence-corrected chi connectivity index (χ1v) is 11.1. The number of amides is 1. The van der Waals surface area contributed by atoms with E-state index in [9.17, 15) is 4.79 Å². The quantitative estimate of drug-likeness (QED) is 0.812. The average Bonchev–Trinajstić information content (AvgIpc) is 2.80. The number of rotatable bonds is 4. The van der Waals surface area contributed by atoms with Crippen molar-refractivity contribution in [3.8, 4) is 5.75 Å². The normalized spacial score (nSPS) is 19.8. The highest BCUT2D eigenvalue weighted by Gasteiger charge is 2.42. The van der Waals surface area contributed by atoms with Crippen LogP contribution in [-0.4, -0.2) is 55.3 Å². The molecule has 2 heterocycles. The van der Waals surface area contributed by atoms with Crippen LogP contribution in [0.2, 0.25) is 0 Å². The molecule has 6 heteroatoms. The maximum absolute atomic E-state index is 12.6. The molecule has 31 heavy (non-hydrogen) atoms. The smallest absolute Gasteiger partial charge is 0.410 e. The van der Waals surface area contributed by atoms with Crippen molar-refractivity contribution in [2.24, 2.45) is 5.73 Å². The monoisotopic (exact) mass is 423 g/mol. The van der Waals surface area contributed by atoms with Gasteiger partial charge in [-0.25, -0.2) is 4.79 Å². The maximum Gasteiger partial charge on any atom is 0.415 e. The first kappa shape index (κ1) is 21.8. The second-order valence-corrected chi connectivity index (χ2v) is 9.10. The van der Waals surface area contributed by atoms with Gasteiger partial charge in [-0.2, -0.15) is 0 Å². The maximum atomic E-state index is 12.6. The fourth-order valence-electron chi connectivity index (χ4n) is 4.68. The zero-order valence-corrected chi connectivity index (χ0v) is 18.5. The highest BCUT2D eigenvalue weighted by atomic mass is 16.6. The summed E-state index contributed by atoms with van der Waals surface area (Å²) < 4.78 is 11.2. The minimum atomic E-state index is -0.355. The molecule has 2 aliphatic rings. The molecule has 0 aromatic heterocycles. The van der Waals surface area contributed by atoms with Gasteiger partial charge in [-0.05, 0) is 49.9 Å². The Labute approximate surface area is 184 Å². The van der Waals surface area contributed by atoms with Gasteiger partial charge < -0.3 is 20.1 Å². The van der Waals surface area contributed by atoms with Crippen molar-refractivity contribution in [1.82, 2.24) is 9.80 Å². The van der Waals surface area contributed by atoms with Gasteiger partial charge >= 0.3 is 6.09 Å². The van der Waals surface area contributed by atoms with Crippen LogP contribution < -0.4 is 10.5 Å². The Bertz CT molecular complexity index is 863. The Hall–Kier alpha value is -2.41. The Kier molecular flexibility index (Phi) is 6.32. The van der Waals surface area contributed by atoms with E-state index >= 15 is 0 Å². The Morgan fingerprint density at radius 3 is 2.16 bits per heavy atom. The summed E-state index contributed by atoms with van der Waals surface area (Å²) in [5, 5.41) is 0. The number of benzene rings is 2. The minimum Gasteiger partial charge on any atom is -0.410 e. The molecule has 0 aliphatic carbocycles. The standard InChI is InChI=1S/C25H33N3O3/c1-24(2,26)20-8-10-21(11-9-20)25(12-18-30-19-13-25)28-16-14-27(15-17-28)23(29)31-22-6-4-3-5-7-22/h3-11H,12-19,26H2,1-2H3. The largest absolute Gasteiger partial charge is 0.415 e. The first-order valence-electron chi connectivity index (χ1n) is 11.1. The van der Waals surface area contributed by atoms with E-state index in [-0.39, 0.29) is 17.2 Å². The second kappa shape index (κ2) is 8.99. The van der Waals surface area contributed by atoms with Gasteiger partial charge in [-0.3, -0.25) is 4.90 Å². The molecule has 0 bridgehead atoms. The predicted molar refractivity (Wildman–Crippen MR) is 121 cm³/mol. The van der Waals surface area contributed by atoms with Gasteiger partial charge in [0.05, 0.1) is 5.54 Å². The molecule has 0 atom stereocenters. The van der Waals surface area contributed by atoms with Crippen LogP contribution >= 0.6 is 0 Å². The highest BCUT2D eigenvalue weighted by Crippen LogP contribution is 2.39. The lowest BCUT2D eigenvalue weighted by Crippen LogP contribution is -2.58. The van der Waals surface area contributed by atoms with Crippen LogP contribution in [0.15, 0.2) is 54.6 Å². The molecule has 2 aromatic rings. The summed E-state index contributed by atoms with van der Waals surface area (Å²) in [7, 11) is 0. The third kappa shape index (κ3) is 4.76. The fourth-order valence-corrected chi connectivity index (χ4v) is 4.68. The summed E-state index contributed by atoms with van der Waals surface area (Å²) in [6.45, 7) is 8.49. The number of hydrogen-bond donors (Lipinski definition) is 1. The molecule has 2 saturated heterocycles. The van der Waals surface area contributed by atoms with Crippen molar-refractivity contribution in [2.45, 2.75) is 37.8 Å². The third-order valence-corrected chi connectivity index (χ3v) is 6.58. The van der Waals surface area contributed by atoms with E-state index in [4.69, 9.17) is 15.2 Å². The number of nitrogens with zero attached hydrogens (tertiary/aromatic N) is 2. The molecule has 0 saturated carbocycles. The van der Waals surface area contributed by atoms with Crippen LogP contribution in [0.5, 0.6) is 5.75 Å². The lowest BCUT2D eigenvalue weighted by Gasteiger charge is -2.50. The predicted octanol–water partition coefficient (Wildman–Crippen LogP) is 3.70. The third-order valence-electron chi connectivity index (χ3n) is 6.58. The topological polar surface area (TPSA) is 68.0 Å². The Morgan fingerprint density at radius 2 is 1.58 bits per heavy atom. The number of piperazine rings is 1. The van der Waals surface area contributed by atoms with Gasteiger partial charge in [0.15, 0.2) is 0 Å². The number of carbonyl (C=O) groups excluding carboxylic acids is 1. The molecule has 0 spiro atoms. The van der Waals surface area contributed by atoms with E-state index in [1.54, 1.807) is 17.0 Å². The van der Waals surface area contributed by atoms with E-state index in [0.29, 0.717) is 18.8 Å². The summed E-state index contributed by atoms with van der Waals surface area (Å²) in [6, 6.07) is 18.0. The molecule has 0 radical (unpaired) electrons. The highest BCUT2D eigenvalue weighted by molar-refractivity contribution is 5.70. The number of ether oxygens (including phenoxy) is 2. The van der Waals surface area contributed by atoms with Crippen molar-refractivity contribution in [3.63, 3.8) is 0 Å². The number of para-hydroxylation sites is 1. The van der Waals surface area contributed by atoms with Crippen LogP contribution in [0.3, 0.4) is 0 Å². The van der Waals surface area contributed by atoms with Gasteiger partial charge in [0, 0.05) is 44.9 Å². The molecule has 0 unspecified atom stereocenters. The zero-order valence-electron chi connectivity index (χ0n) is 18.5. The van der Waals surface area contributed by atoms with E-state index < -0.39 is 0 Å². The lowest BCUT2D eigenvalue weighted by atomic mass is 9.79. The summed E-state index contributed by atoms with van der Waals surface area (Å²) >= 11 is 0. The van der Waals surface area contributed by atoms with Gasteiger partial charge in [-0.1, -0.05) is 42.5 Å². The van der Waals surface area contributed by atoms with Crippen molar-refractivity contribution in [2.75, 3.05) is 39.4 Å². The van der Waals surface area contributed by atoms with E-state index in [1.165, 1.54) is 5.56 Å². The van der Waals surface area contributed by atoms with Crippen molar-refractivity contribution in [1.29, 1.82) is 0 Å². The zero-order chi connectivity index (χ0) is 21.9. The average molecular weight is 424 g/mol. The summed E-state index contributed by atoms with van der Waals surface area (Å²) in [6.07, 6.45) is 1.63. The molecule has 6 nitrogen and oxygen atoms in total. The Balaban J connectivity index is 1.46. The molecule has 1 amide bonds. The molecule has 2 aliphatic heterocycles. The van der Waals surface area contributed by atoms with Gasteiger partial charge in [0.25, 0.3) is 0 Å². The number of nitrogens with two attached hydrogens (primary N) is 1. The number of carbonyl (C=O) groups is 1. The first-order chi connectivity index (χ1) is 14.9. The van der Waals surface area contributed by atoms with Gasteiger partial charge in [0.2, 0.25) is 0 Å². The van der Waals surface area contributed by atoms with Crippen LogP contribution in [-0.2, 0) is 15.8 Å². The van der Waals surface area contributed by atoms with Crippen molar-refractivity contribution >= 4 is 6.09 Å². The molecular weight excluding hydrogens is 390 g/mol. The molecule has 4 rings (SSSR count). The van der Waals surface area contributed by atoms with Gasteiger partial charge in [-0.15, -0.1) is 0 Å². The molecule has 166 valence electrons. The van der Waals surface area contributed by atoms with Crippen LogP contribution in [0.1, 0.15) is 37.8 Å². The minimum absolute atomic E-state index is 0.0645. The molecule has 2 N–H and O–H groups in total. The van der Waals surface area contributed by atoms with Crippen LogP contribution in [0.4, 0.5) is 4.79 Å². The molecule has 2 aromatic carbocycles. The van der Waals surface area contributed by atoms with E-state index in [1.807, 2.05) is 32.0 Å². The van der Waals surface area contributed by atoms with Crippen LogP contribution in [0, 0.1) is 0 Å². The molecule has 2 fully saturated rings. The SMILES string of the molecule is CC(C)(N)c1ccc(C2(N3CCN(C(=O)Oc4ccccc4)CC3)CCOCC2)cc1. The lowest BCUT2D eigenvalue weighted by molar-refractivity contribution is -0.0483. The number of hydrogen-bond acceptors (Lipinski definition) is 5. The second-order valence-electron chi connectivity index (χ2n) is 9.10. The van der Waals surface area contributed by atoms with Gasteiger partial charge in [0.1, 0.15) is 5.75 Å². The molecular formula is C25H33N3O3. The fraction of sp³-hybridized carbons (Fsp3) is 0.480. The van der Waals surface area contributed by atoms with Crippen molar-refractivity contribution < 1.29 is 14.3 Å². The van der Waals surface area contributed by atoms with Crippen LogP contribution in [0.25, 0.3) is 0 Å². The summed E-state index contributed by atoms with van der Waals surface area (Å²) in [5.74, 6) is 0.582. The summed E-state index contributed by atoms with van der Waals surface area (Å²) in [5.41, 5.74) is 8.30. The summed E-state index contributed by atoms with van der Waals surface area (Å²) in [4.78, 5) is 16.9. The van der Waals surface area contributed by atoms with E-state index in [0.717, 1.165) is 44.7 Å². The van der Waals surface area contributed by atoms with E-state index in [2.05, 4.69) is 29.2 Å². The Morgan fingerprint density at radius 1 is 0.968 bits per heavy atom.